The maximum atomic E-state index is 6.51. The molecule has 2 fully saturated rings. The van der Waals surface area contributed by atoms with Gasteiger partial charge in [-0.05, 0) is 56.3 Å². The molecule has 2 aliphatic rings. The average Bonchev–Trinajstić information content (AvgIpc) is 2.49. The molecule has 104 valence electrons. The van der Waals surface area contributed by atoms with Gasteiger partial charge in [0.1, 0.15) is 0 Å². The summed E-state index contributed by atoms with van der Waals surface area (Å²) in [5, 5.41) is 4.51. The molecule has 3 heteroatoms. The van der Waals surface area contributed by atoms with Crippen LogP contribution < -0.4 is 10.2 Å². The lowest BCUT2D eigenvalue weighted by Gasteiger charge is -2.30. The number of nitrogens with zero attached hydrogens (tertiary/aromatic N) is 1. The van der Waals surface area contributed by atoms with Crippen molar-refractivity contribution >= 4 is 17.3 Å². The third-order valence-corrected chi connectivity index (χ3v) is 4.68. The smallest absolute Gasteiger partial charge is 0.0642 e. The SMILES string of the molecule is Clc1cc(C2CCCCN2)ccc1N1CCCCC1. The largest absolute Gasteiger partial charge is 0.370 e. The van der Waals surface area contributed by atoms with Crippen molar-refractivity contribution in [3.05, 3.63) is 28.8 Å². The van der Waals surface area contributed by atoms with E-state index in [1.807, 2.05) is 0 Å². The molecule has 1 aromatic rings. The second kappa shape index (κ2) is 6.15. The summed E-state index contributed by atoms with van der Waals surface area (Å²) in [6.07, 6.45) is 7.81. The van der Waals surface area contributed by atoms with E-state index in [1.165, 1.54) is 49.8 Å². The van der Waals surface area contributed by atoms with Gasteiger partial charge in [-0.2, -0.15) is 0 Å². The molecular weight excluding hydrogens is 256 g/mol. The monoisotopic (exact) mass is 278 g/mol. The van der Waals surface area contributed by atoms with Crippen LogP contribution in [-0.2, 0) is 0 Å². The molecular formula is C16H23ClN2. The lowest BCUT2D eigenvalue weighted by molar-refractivity contribution is 0.412. The molecule has 0 bridgehead atoms. The minimum atomic E-state index is 0.502. The Hall–Kier alpha value is -0.730. The van der Waals surface area contributed by atoms with Gasteiger partial charge in [-0.25, -0.2) is 0 Å². The van der Waals surface area contributed by atoms with Crippen molar-refractivity contribution in [2.45, 2.75) is 44.6 Å². The molecule has 2 nitrogen and oxygen atoms in total. The summed E-state index contributed by atoms with van der Waals surface area (Å²) < 4.78 is 0. The van der Waals surface area contributed by atoms with Gasteiger partial charge < -0.3 is 10.2 Å². The summed E-state index contributed by atoms with van der Waals surface area (Å²) in [5.74, 6) is 0. The summed E-state index contributed by atoms with van der Waals surface area (Å²) in [6.45, 7) is 3.44. The van der Waals surface area contributed by atoms with E-state index < -0.39 is 0 Å². The number of piperidine rings is 2. The summed E-state index contributed by atoms with van der Waals surface area (Å²) in [4.78, 5) is 2.43. The van der Waals surface area contributed by atoms with Gasteiger partial charge in [0.15, 0.2) is 0 Å². The molecule has 0 spiro atoms. The van der Waals surface area contributed by atoms with Crippen LogP contribution in [0.15, 0.2) is 18.2 Å². The highest BCUT2D eigenvalue weighted by Crippen LogP contribution is 2.32. The van der Waals surface area contributed by atoms with Crippen molar-refractivity contribution in [3.8, 4) is 0 Å². The first-order chi connectivity index (χ1) is 9.34. The van der Waals surface area contributed by atoms with Gasteiger partial charge in [-0.3, -0.25) is 0 Å². The molecule has 2 saturated heterocycles. The molecule has 0 radical (unpaired) electrons. The van der Waals surface area contributed by atoms with Crippen LogP contribution in [-0.4, -0.2) is 19.6 Å². The Kier molecular flexibility index (Phi) is 4.29. The third kappa shape index (κ3) is 3.06. The first-order valence-electron chi connectivity index (χ1n) is 7.62. The van der Waals surface area contributed by atoms with E-state index in [1.54, 1.807) is 0 Å². The normalized spacial score (nSPS) is 24.5. The summed E-state index contributed by atoms with van der Waals surface area (Å²) in [6, 6.07) is 7.16. The zero-order valence-electron chi connectivity index (χ0n) is 11.5. The Balaban J connectivity index is 1.76. The Bertz CT molecular complexity index is 421. The molecule has 0 aromatic heterocycles. The van der Waals surface area contributed by atoms with Gasteiger partial charge in [0, 0.05) is 19.1 Å². The van der Waals surface area contributed by atoms with E-state index in [2.05, 4.69) is 28.4 Å². The number of hydrogen-bond acceptors (Lipinski definition) is 2. The fourth-order valence-corrected chi connectivity index (χ4v) is 3.58. The summed E-state index contributed by atoms with van der Waals surface area (Å²) in [7, 11) is 0. The number of halogens is 1. The first-order valence-corrected chi connectivity index (χ1v) is 8.00. The van der Waals surface area contributed by atoms with E-state index in [0.717, 1.165) is 24.7 Å². The zero-order chi connectivity index (χ0) is 13.1. The Morgan fingerprint density at radius 1 is 1.05 bits per heavy atom. The second-order valence-corrected chi connectivity index (χ2v) is 6.17. The molecule has 0 saturated carbocycles. The molecule has 2 aliphatic heterocycles. The lowest BCUT2D eigenvalue weighted by Crippen LogP contribution is -2.30. The number of hydrogen-bond donors (Lipinski definition) is 1. The molecule has 19 heavy (non-hydrogen) atoms. The minimum Gasteiger partial charge on any atom is -0.370 e. The number of benzene rings is 1. The standard InChI is InChI=1S/C16H23ClN2/c17-14-12-13(15-6-2-3-9-18-15)7-8-16(14)19-10-4-1-5-11-19/h7-8,12,15,18H,1-6,9-11H2. The number of anilines is 1. The second-order valence-electron chi connectivity index (χ2n) is 5.76. The van der Waals surface area contributed by atoms with Crippen LogP contribution in [0, 0.1) is 0 Å². The molecule has 1 N–H and O–H groups in total. The number of nitrogens with one attached hydrogen (secondary N) is 1. The quantitative estimate of drug-likeness (QED) is 0.874. The zero-order valence-corrected chi connectivity index (χ0v) is 12.3. The predicted molar refractivity (Wildman–Crippen MR) is 82.1 cm³/mol. The molecule has 1 unspecified atom stereocenters. The van der Waals surface area contributed by atoms with Crippen LogP contribution in [0.4, 0.5) is 5.69 Å². The molecule has 2 heterocycles. The van der Waals surface area contributed by atoms with E-state index >= 15 is 0 Å². The molecule has 0 aliphatic carbocycles. The van der Waals surface area contributed by atoms with Gasteiger partial charge in [0.2, 0.25) is 0 Å². The topological polar surface area (TPSA) is 15.3 Å². The maximum absolute atomic E-state index is 6.51. The van der Waals surface area contributed by atoms with Crippen molar-refractivity contribution in [2.24, 2.45) is 0 Å². The van der Waals surface area contributed by atoms with Crippen molar-refractivity contribution in [2.75, 3.05) is 24.5 Å². The van der Waals surface area contributed by atoms with Gasteiger partial charge in [0.25, 0.3) is 0 Å². The maximum Gasteiger partial charge on any atom is 0.0642 e. The molecule has 3 rings (SSSR count). The van der Waals surface area contributed by atoms with Crippen LogP contribution >= 0.6 is 11.6 Å². The molecule has 1 aromatic carbocycles. The van der Waals surface area contributed by atoms with Crippen molar-refractivity contribution in [3.63, 3.8) is 0 Å². The van der Waals surface area contributed by atoms with E-state index in [9.17, 15) is 0 Å². The number of rotatable bonds is 2. The van der Waals surface area contributed by atoms with E-state index in [-0.39, 0.29) is 0 Å². The lowest BCUT2D eigenvalue weighted by atomic mass is 9.97. The van der Waals surface area contributed by atoms with E-state index in [4.69, 9.17) is 11.6 Å². The van der Waals surface area contributed by atoms with Crippen LogP contribution in [0.3, 0.4) is 0 Å². The van der Waals surface area contributed by atoms with Crippen molar-refractivity contribution in [1.29, 1.82) is 0 Å². The molecule has 0 amide bonds. The Labute approximate surface area is 121 Å². The fourth-order valence-electron chi connectivity index (χ4n) is 3.27. The van der Waals surface area contributed by atoms with Crippen molar-refractivity contribution < 1.29 is 0 Å². The van der Waals surface area contributed by atoms with Crippen LogP contribution in [0.2, 0.25) is 5.02 Å². The average molecular weight is 279 g/mol. The minimum absolute atomic E-state index is 0.502. The van der Waals surface area contributed by atoms with Gasteiger partial charge in [-0.1, -0.05) is 24.1 Å². The van der Waals surface area contributed by atoms with Crippen LogP contribution in [0.25, 0.3) is 0 Å². The summed E-state index contributed by atoms with van der Waals surface area (Å²) >= 11 is 6.51. The fraction of sp³-hybridized carbons (Fsp3) is 0.625. The molecule has 1 atom stereocenters. The Morgan fingerprint density at radius 2 is 1.89 bits per heavy atom. The highest BCUT2D eigenvalue weighted by atomic mass is 35.5. The highest BCUT2D eigenvalue weighted by molar-refractivity contribution is 6.33. The first kappa shape index (κ1) is 13.3. The van der Waals surface area contributed by atoms with E-state index in [0.29, 0.717) is 6.04 Å². The predicted octanol–water partition coefficient (Wildman–Crippen LogP) is 4.14. The van der Waals surface area contributed by atoms with Gasteiger partial charge >= 0.3 is 0 Å². The van der Waals surface area contributed by atoms with Gasteiger partial charge in [-0.15, -0.1) is 0 Å². The third-order valence-electron chi connectivity index (χ3n) is 4.38. The highest BCUT2D eigenvalue weighted by Gasteiger charge is 2.18. The van der Waals surface area contributed by atoms with Crippen LogP contribution in [0.5, 0.6) is 0 Å². The van der Waals surface area contributed by atoms with Gasteiger partial charge in [0.05, 0.1) is 10.7 Å². The Morgan fingerprint density at radius 3 is 2.58 bits per heavy atom. The van der Waals surface area contributed by atoms with Crippen LogP contribution in [0.1, 0.15) is 50.1 Å². The van der Waals surface area contributed by atoms with Crippen molar-refractivity contribution in [1.82, 2.24) is 5.32 Å². The summed E-state index contributed by atoms with van der Waals surface area (Å²) in [5.41, 5.74) is 2.58.